The van der Waals surface area contributed by atoms with Gasteiger partial charge in [0.1, 0.15) is 0 Å². The third-order valence-electron chi connectivity index (χ3n) is 3.07. The Morgan fingerprint density at radius 2 is 1.88 bits per heavy atom. The number of hydrogen-bond acceptors (Lipinski definition) is 2. The van der Waals surface area contributed by atoms with E-state index in [0.29, 0.717) is 0 Å². The van der Waals surface area contributed by atoms with Crippen LogP contribution in [0, 0.1) is 0 Å². The maximum absolute atomic E-state index is 9.72. The van der Waals surface area contributed by atoms with Gasteiger partial charge in [0.05, 0.1) is 0 Å². The summed E-state index contributed by atoms with van der Waals surface area (Å²) < 4.78 is 0. The molecule has 2 aromatic carbocycles. The van der Waals surface area contributed by atoms with E-state index >= 15 is 0 Å². The Labute approximate surface area is 104 Å². The minimum absolute atomic E-state index is 0.996. The summed E-state index contributed by atoms with van der Waals surface area (Å²) in [7, 11) is 0.284. The van der Waals surface area contributed by atoms with E-state index in [1.807, 2.05) is 19.7 Å². The van der Waals surface area contributed by atoms with Crippen LogP contribution in [0.5, 0.6) is 0 Å². The average Bonchev–Trinajstić information content (AvgIpc) is 2.35. The lowest BCUT2D eigenvalue weighted by Crippen LogP contribution is -2.25. The van der Waals surface area contributed by atoms with Crippen LogP contribution in [-0.4, -0.2) is 27.4 Å². The molecule has 0 saturated carbocycles. The number of fused-ring (bicyclic) bond motifs is 1. The molecular formula is C14H19NOSi. The van der Waals surface area contributed by atoms with Gasteiger partial charge in [-0.3, -0.25) is 0 Å². The van der Waals surface area contributed by atoms with Crippen molar-refractivity contribution in [2.75, 3.05) is 13.6 Å². The molecule has 0 radical (unpaired) electrons. The molecule has 0 heterocycles. The Hall–Kier alpha value is -1.16. The molecule has 3 heteroatoms. The smallest absolute Gasteiger partial charge is 0.201 e. The molecule has 0 aliphatic carbocycles. The Morgan fingerprint density at radius 3 is 2.59 bits per heavy atom. The van der Waals surface area contributed by atoms with E-state index in [2.05, 4.69) is 35.6 Å². The van der Waals surface area contributed by atoms with Gasteiger partial charge in [-0.2, -0.15) is 0 Å². The summed E-state index contributed by atoms with van der Waals surface area (Å²) in [5, 5.41) is 6.76. The van der Waals surface area contributed by atoms with E-state index in [4.69, 9.17) is 0 Å². The molecule has 0 aliphatic rings. The largest absolute Gasteiger partial charge is 0.431 e. The maximum Gasteiger partial charge on any atom is 0.201 e. The van der Waals surface area contributed by atoms with Crippen LogP contribution in [0.3, 0.4) is 0 Å². The van der Waals surface area contributed by atoms with Crippen LogP contribution in [0.15, 0.2) is 36.4 Å². The standard InChI is InChI=1S/C14H19NOSi/c1-15-8-7-11-3-4-12-5-6-14(17(2)16)10-13(12)9-11/h3-6,9-10,15-17H,7-8H2,1-2H3. The molecule has 2 N–H and O–H groups in total. The first-order chi connectivity index (χ1) is 8.20. The predicted molar refractivity (Wildman–Crippen MR) is 76.4 cm³/mol. The van der Waals surface area contributed by atoms with Crippen LogP contribution < -0.4 is 10.5 Å². The van der Waals surface area contributed by atoms with Gasteiger partial charge < -0.3 is 10.1 Å². The number of rotatable bonds is 4. The number of benzene rings is 2. The van der Waals surface area contributed by atoms with Gasteiger partial charge in [-0.25, -0.2) is 0 Å². The molecule has 0 aromatic heterocycles. The topological polar surface area (TPSA) is 32.3 Å². The molecule has 0 fully saturated rings. The Bertz CT molecular complexity index is 511. The minimum atomic E-state index is -1.69. The highest BCUT2D eigenvalue weighted by Crippen LogP contribution is 2.15. The molecule has 0 saturated heterocycles. The van der Waals surface area contributed by atoms with Crippen molar-refractivity contribution in [1.82, 2.24) is 5.32 Å². The maximum atomic E-state index is 9.72. The van der Waals surface area contributed by atoms with Gasteiger partial charge in [-0.15, -0.1) is 0 Å². The third-order valence-corrected chi connectivity index (χ3v) is 4.40. The summed E-state index contributed by atoms with van der Waals surface area (Å²) in [6, 6.07) is 12.9. The van der Waals surface area contributed by atoms with Gasteiger partial charge in [0.15, 0.2) is 0 Å². The van der Waals surface area contributed by atoms with Crippen molar-refractivity contribution < 1.29 is 4.80 Å². The first-order valence-electron chi connectivity index (χ1n) is 6.06. The summed E-state index contributed by atoms with van der Waals surface area (Å²) in [5.74, 6) is 0. The second-order valence-corrected chi connectivity index (χ2v) is 6.49. The average molecular weight is 245 g/mol. The van der Waals surface area contributed by atoms with Gasteiger partial charge >= 0.3 is 0 Å². The summed E-state index contributed by atoms with van der Waals surface area (Å²) in [6.45, 7) is 2.93. The molecular weight excluding hydrogens is 226 g/mol. The summed E-state index contributed by atoms with van der Waals surface area (Å²) in [5.41, 5.74) is 1.34. The van der Waals surface area contributed by atoms with Gasteiger partial charge in [0, 0.05) is 0 Å². The van der Waals surface area contributed by atoms with Crippen LogP contribution >= 0.6 is 0 Å². The Kier molecular flexibility index (Phi) is 3.94. The quantitative estimate of drug-likeness (QED) is 0.792. The lowest BCUT2D eigenvalue weighted by atomic mass is 10.1. The Morgan fingerprint density at radius 1 is 1.12 bits per heavy atom. The first kappa shape index (κ1) is 12.3. The highest BCUT2D eigenvalue weighted by molar-refractivity contribution is 6.65. The van der Waals surface area contributed by atoms with Gasteiger partial charge in [-0.1, -0.05) is 36.4 Å². The van der Waals surface area contributed by atoms with Crippen LogP contribution in [0.2, 0.25) is 6.55 Å². The second kappa shape index (κ2) is 5.45. The molecule has 1 atom stereocenters. The van der Waals surface area contributed by atoms with Crippen molar-refractivity contribution in [2.45, 2.75) is 13.0 Å². The fraction of sp³-hybridized carbons (Fsp3) is 0.286. The number of hydrogen-bond donors (Lipinski definition) is 2. The van der Waals surface area contributed by atoms with Crippen molar-refractivity contribution in [2.24, 2.45) is 0 Å². The van der Waals surface area contributed by atoms with Crippen molar-refractivity contribution in [3.8, 4) is 0 Å². The molecule has 0 bridgehead atoms. The van der Waals surface area contributed by atoms with Crippen LogP contribution in [0.25, 0.3) is 10.8 Å². The van der Waals surface area contributed by atoms with Crippen LogP contribution in [0.1, 0.15) is 5.56 Å². The molecule has 1 unspecified atom stereocenters. The zero-order valence-electron chi connectivity index (χ0n) is 10.4. The molecule has 17 heavy (non-hydrogen) atoms. The lowest BCUT2D eigenvalue weighted by molar-refractivity contribution is 0.594. The number of likely N-dealkylation sites (N-methyl/N-ethyl adjacent to an activating group) is 1. The normalized spacial score (nSPS) is 12.9. The first-order valence-corrected chi connectivity index (χ1v) is 8.31. The predicted octanol–water partition coefficient (Wildman–Crippen LogP) is 1.15. The van der Waals surface area contributed by atoms with Crippen LogP contribution in [-0.2, 0) is 6.42 Å². The molecule has 0 aliphatic heterocycles. The van der Waals surface area contributed by atoms with Crippen molar-refractivity contribution >= 4 is 25.0 Å². The van der Waals surface area contributed by atoms with E-state index < -0.39 is 9.04 Å². The molecule has 2 nitrogen and oxygen atoms in total. The van der Waals surface area contributed by atoms with Crippen molar-refractivity contribution in [3.05, 3.63) is 42.0 Å². The molecule has 90 valence electrons. The van der Waals surface area contributed by atoms with E-state index in [9.17, 15) is 4.80 Å². The van der Waals surface area contributed by atoms with Crippen molar-refractivity contribution in [3.63, 3.8) is 0 Å². The van der Waals surface area contributed by atoms with E-state index in [-0.39, 0.29) is 0 Å². The van der Waals surface area contributed by atoms with E-state index in [1.165, 1.54) is 16.3 Å². The van der Waals surface area contributed by atoms with E-state index in [0.717, 1.165) is 18.2 Å². The second-order valence-electron chi connectivity index (χ2n) is 4.47. The summed E-state index contributed by atoms with van der Waals surface area (Å²) in [4.78, 5) is 9.72. The summed E-state index contributed by atoms with van der Waals surface area (Å²) in [6.07, 6.45) is 1.04. The molecule has 2 rings (SSSR count). The third kappa shape index (κ3) is 2.94. The van der Waals surface area contributed by atoms with E-state index in [1.54, 1.807) is 0 Å². The van der Waals surface area contributed by atoms with Crippen molar-refractivity contribution in [1.29, 1.82) is 0 Å². The van der Waals surface area contributed by atoms with Gasteiger partial charge in [-0.05, 0) is 48.1 Å². The number of nitrogens with one attached hydrogen (secondary N) is 1. The van der Waals surface area contributed by atoms with Gasteiger partial charge in [0.25, 0.3) is 0 Å². The highest BCUT2D eigenvalue weighted by Gasteiger charge is 2.04. The van der Waals surface area contributed by atoms with Crippen LogP contribution in [0.4, 0.5) is 0 Å². The summed E-state index contributed by atoms with van der Waals surface area (Å²) >= 11 is 0. The molecule has 0 spiro atoms. The molecule has 2 aromatic rings. The monoisotopic (exact) mass is 245 g/mol. The lowest BCUT2D eigenvalue weighted by Gasteiger charge is -2.07. The molecule has 0 amide bonds. The highest BCUT2D eigenvalue weighted by atomic mass is 28.3. The Balaban J connectivity index is 2.36. The van der Waals surface area contributed by atoms with Gasteiger partial charge in [0.2, 0.25) is 9.04 Å². The SMILES string of the molecule is CNCCc1ccc2ccc([SiH](C)O)cc2c1. The zero-order valence-corrected chi connectivity index (χ0v) is 11.6. The minimum Gasteiger partial charge on any atom is -0.431 e. The fourth-order valence-electron chi connectivity index (χ4n) is 2.00. The zero-order chi connectivity index (χ0) is 12.3. The fourth-order valence-corrected chi connectivity index (χ4v) is 2.79.